The first-order valence-electron chi connectivity index (χ1n) is 9.43. The van der Waals surface area contributed by atoms with Crippen molar-refractivity contribution in [2.45, 2.75) is 39.2 Å². The Balaban J connectivity index is 1.49. The topological polar surface area (TPSA) is 53.5 Å². The molecule has 0 heterocycles. The molecule has 4 heteroatoms. The number of hydrogen-bond donors (Lipinski definition) is 3. The lowest BCUT2D eigenvalue weighted by Crippen LogP contribution is -2.31. The summed E-state index contributed by atoms with van der Waals surface area (Å²) in [5.41, 5.74) is 2.70. The molecule has 1 fully saturated rings. The normalized spacial score (nSPS) is 21.1. The predicted octanol–water partition coefficient (Wildman–Crippen LogP) is 2.49. The van der Waals surface area contributed by atoms with Crippen LogP contribution in [0.15, 0.2) is 24.3 Å². The molecule has 0 saturated heterocycles. The number of rotatable bonds is 11. The quantitative estimate of drug-likeness (QED) is 0.544. The average molecular weight is 335 g/mol. The number of ether oxygens (including phenoxy) is 1. The third-order valence-electron chi connectivity index (χ3n) is 4.94. The van der Waals surface area contributed by atoms with Crippen LogP contribution in [0.3, 0.4) is 0 Å². The molecule has 1 aromatic rings. The van der Waals surface area contributed by atoms with Gasteiger partial charge in [0, 0.05) is 13.1 Å². The van der Waals surface area contributed by atoms with Gasteiger partial charge in [0.1, 0.15) is 0 Å². The number of aliphatic hydroxyl groups is 1. The van der Waals surface area contributed by atoms with Crippen LogP contribution in [-0.4, -0.2) is 44.6 Å². The van der Waals surface area contributed by atoms with E-state index in [1.165, 1.54) is 36.8 Å². The summed E-state index contributed by atoms with van der Waals surface area (Å²) in [6, 6.07) is 8.80. The van der Waals surface area contributed by atoms with Gasteiger partial charge in [-0.05, 0) is 63.1 Å². The number of aliphatic hydroxyl groups excluding tert-OH is 1. The third-order valence-corrected chi connectivity index (χ3v) is 4.94. The van der Waals surface area contributed by atoms with Gasteiger partial charge in [-0.25, -0.2) is 0 Å². The fourth-order valence-corrected chi connectivity index (χ4v) is 3.38. The predicted molar refractivity (Wildman–Crippen MR) is 99.1 cm³/mol. The van der Waals surface area contributed by atoms with E-state index in [1.54, 1.807) is 0 Å². The van der Waals surface area contributed by atoms with Crippen LogP contribution in [0.2, 0.25) is 0 Å². The maximum absolute atomic E-state index is 8.64. The molecule has 0 bridgehead atoms. The van der Waals surface area contributed by atoms with Crippen LogP contribution < -0.4 is 10.6 Å². The lowest BCUT2D eigenvalue weighted by atomic mass is 9.82. The maximum atomic E-state index is 8.64. The van der Waals surface area contributed by atoms with Crippen LogP contribution in [0, 0.1) is 18.8 Å². The van der Waals surface area contributed by atoms with E-state index in [0.717, 1.165) is 38.0 Å². The number of nitrogens with one attached hydrogen (secondary N) is 2. The Morgan fingerprint density at radius 2 is 1.58 bits per heavy atom. The van der Waals surface area contributed by atoms with Gasteiger partial charge in [-0.3, -0.25) is 0 Å². The van der Waals surface area contributed by atoms with Crippen molar-refractivity contribution in [1.29, 1.82) is 0 Å². The van der Waals surface area contributed by atoms with Gasteiger partial charge in [0.25, 0.3) is 0 Å². The van der Waals surface area contributed by atoms with Gasteiger partial charge < -0.3 is 20.5 Å². The minimum Gasteiger partial charge on any atom is -0.394 e. The first-order chi connectivity index (χ1) is 11.8. The van der Waals surface area contributed by atoms with Crippen LogP contribution in [0.5, 0.6) is 0 Å². The molecule has 0 radical (unpaired) electrons. The molecular weight excluding hydrogens is 300 g/mol. The van der Waals surface area contributed by atoms with Crippen LogP contribution in [0.1, 0.15) is 36.8 Å². The summed E-state index contributed by atoms with van der Waals surface area (Å²) in [5, 5.41) is 15.7. The smallest absolute Gasteiger partial charge is 0.0698 e. The van der Waals surface area contributed by atoms with Crippen molar-refractivity contribution in [2.24, 2.45) is 11.8 Å². The molecular formula is C20H34N2O2. The fraction of sp³-hybridized carbons (Fsp3) is 0.700. The highest BCUT2D eigenvalue weighted by Gasteiger charge is 2.20. The second kappa shape index (κ2) is 11.6. The molecule has 0 atom stereocenters. The molecule has 0 unspecified atom stereocenters. The lowest BCUT2D eigenvalue weighted by molar-refractivity contribution is 0.0930. The average Bonchev–Trinajstić information content (AvgIpc) is 2.61. The van der Waals surface area contributed by atoms with Crippen molar-refractivity contribution in [1.82, 2.24) is 10.6 Å². The third kappa shape index (κ3) is 7.75. The second-order valence-electron chi connectivity index (χ2n) is 7.04. The minimum atomic E-state index is 0.113. The highest BCUT2D eigenvalue weighted by molar-refractivity contribution is 5.21. The standard InChI is InChI=1S/C20H34N2O2/c1-17-2-4-18(5-3-17)15-22-16-20-8-6-19(7-9-20)14-21-10-12-24-13-11-23/h2-5,19-23H,6-16H2,1H3. The largest absolute Gasteiger partial charge is 0.394 e. The van der Waals surface area contributed by atoms with Crippen molar-refractivity contribution >= 4 is 0 Å². The first kappa shape index (κ1) is 19.4. The second-order valence-corrected chi connectivity index (χ2v) is 7.04. The molecule has 1 aliphatic carbocycles. The minimum absolute atomic E-state index is 0.113. The van der Waals surface area contributed by atoms with E-state index in [1.807, 2.05) is 0 Å². The Hall–Kier alpha value is -0.940. The van der Waals surface area contributed by atoms with E-state index in [9.17, 15) is 0 Å². The Labute approximate surface area is 147 Å². The van der Waals surface area contributed by atoms with E-state index >= 15 is 0 Å². The van der Waals surface area contributed by atoms with Crippen LogP contribution in [0.25, 0.3) is 0 Å². The van der Waals surface area contributed by atoms with Crippen molar-refractivity contribution in [2.75, 3.05) is 39.5 Å². The van der Waals surface area contributed by atoms with E-state index < -0.39 is 0 Å². The van der Waals surface area contributed by atoms with E-state index in [-0.39, 0.29) is 6.61 Å². The van der Waals surface area contributed by atoms with Gasteiger partial charge in [0.2, 0.25) is 0 Å². The van der Waals surface area contributed by atoms with Crippen molar-refractivity contribution in [3.05, 3.63) is 35.4 Å². The maximum Gasteiger partial charge on any atom is 0.0698 e. The highest BCUT2D eigenvalue weighted by Crippen LogP contribution is 2.27. The zero-order valence-electron chi connectivity index (χ0n) is 15.1. The summed E-state index contributed by atoms with van der Waals surface area (Å²) >= 11 is 0. The monoisotopic (exact) mass is 334 g/mol. The molecule has 0 aromatic heterocycles. The summed E-state index contributed by atoms with van der Waals surface area (Å²) in [5.74, 6) is 1.65. The number of hydrogen-bond acceptors (Lipinski definition) is 4. The van der Waals surface area contributed by atoms with Gasteiger partial charge in [0.05, 0.1) is 19.8 Å². The fourth-order valence-electron chi connectivity index (χ4n) is 3.38. The highest BCUT2D eigenvalue weighted by atomic mass is 16.5. The van der Waals surface area contributed by atoms with E-state index in [2.05, 4.69) is 41.8 Å². The van der Waals surface area contributed by atoms with Crippen molar-refractivity contribution in [3.8, 4) is 0 Å². The van der Waals surface area contributed by atoms with E-state index in [4.69, 9.17) is 9.84 Å². The van der Waals surface area contributed by atoms with Crippen LogP contribution >= 0.6 is 0 Å². The SMILES string of the molecule is Cc1ccc(CNCC2CCC(CNCCOCCO)CC2)cc1. The summed E-state index contributed by atoms with van der Waals surface area (Å²) in [4.78, 5) is 0. The Morgan fingerprint density at radius 3 is 2.21 bits per heavy atom. The molecule has 136 valence electrons. The molecule has 0 spiro atoms. The van der Waals surface area contributed by atoms with Crippen molar-refractivity contribution < 1.29 is 9.84 Å². The van der Waals surface area contributed by atoms with Crippen LogP contribution in [0.4, 0.5) is 0 Å². The zero-order chi connectivity index (χ0) is 17.0. The molecule has 2 rings (SSSR count). The van der Waals surface area contributed by atoms with Gasteiger partial charge in [0.15, 0.2) is 0 Å². The van der Waals surface area contributed by atoms with Crippen molar-refractivity contribution in [3.63, 3.8) is 0 Å². The summed E-state index contributed by atoms with van der Waals surface area (Å²) in [6.45, 7) is 7.50. The molecule has 0 aliphatic heterocycles. The van der Waals surface area contributed by atoms with Gasteiger partial charge in [-0.15, -0.1) is 0 Å². The van der Waals surface area contributed by atoms with Gasteiger partial charge in [-0.1, -0.05) is 29.8 Å². The Morgan fingerprint density at radius 1 is 0.958 bits per heavy atom. The van der Waals surface area contributed by atoms with E-state index in [0.29, 0.717) is 13.2 Å². The molecule has 1 saturated carbocycles. The molecule has 24 heavy (non-hydrogen) atoms. The van der Waals surface area contributed by atoms with Gasteiger partial charge >= 0.3 is 0 Å². The Bertz CT molecular complexity index is 428. The summed E-state index contributed by atoms with van der Waals surface area (Å²) in [7, 11) is 0. The molecule has 0 amide bonds. The molecule has 4 nitrogen and oxygen atoms in total. The number of benzene rings is 1. The van der Waals surface area contributed by atoms with Crippen LogP contribution in [-0.2, 0) is 11.3 Å². The Kier molecular flexibility index (Phi) is 9.36. The number of aryl methyl sites for hydroxylation is 1. The first-order valence-corrected chi connectivity index (χ1v) is 9.43. The zero-order valence-corrected chi connectivity index (χ0v) is 15.1. The van der Waals surface area contributed by atoms with Gasteiger partial charge in [-0.2, -0.15) is 0 Å². The molecule has 1 aliphatic rings. The molecule has 1 aromatic carbocycles. The summed E-state index contributed by atoms with van der Waals surface area (Å²) < 4.78 is 5.26. The summed E-state index contributed by atoms with van der Waals surface area (Å²) in [6.07, 6.45) is 5.35. The molecule has 3 N–H and O–H groups in total. The lowest BCUT2D eigenvalue weighted by Gasteiger charge is -2.29.